The Bertz CT molecular complexity index is 531. The smallest absolute Gasteiger partial charge is 0.256 e. The van der Waals surface area contributed by atoms with Crippen molar-refractivity contribution in [2.24, 2.45) is 11.8 Å². The largest absolute Gasteiger partial charge is 0.496 e. The van der Waals surface area contributed by atoms with Gasteiger partial charge in [-0.15, -0.1) is 0 Å². The molecule has 0 aromatic heterocycles. The van der Waals surface area contributed by atoms with E-state index in [9.17, 15) is 4.79 Å². The van der Waals surface area contributed by atoms with E-state index in [4.69, 9.17) is 9.47 Å². The summed E-state index contributed by atoms with van der Waals surface area (Å²) in [6, 6.07) is 3.88. The molecule has 0 aliphatic rings. The van der Waals surface area contributed by atoms with Gasteiger partial charge in [-0.2, -0.15) is 0 Å². The molecule has 0 spiro atoms. The summed E-state index contributed by atoms with van der Waals surface area (Å²) in [5, 5.41) is 3.06. The summed E-state index contributed by atoms with van der Waals surface area (Å²) >= 11 is 0. The highest BCUT2D eigenvalue weighted by Crippen LogP contribution is 2.32. The van der Waals surface area contributed by atoms with Gasteiger partial charge in [0.15, 0.2) is 0 Å². The zero-order valence-corrected chi connectivity index (χ0v) is 16.4. The van der Waals surface area contributed by atoms with Crippen molar-refractivity contribution in [3.63, 3.8) is 0 Å². The maximum absolute atomic E-state index is 13.0. The van der Waals surface area contributed by atoms with Gasteiger partial charge in [-0.25, -0.2) is 0 Å². The summed E-state index contributed by atoms with van der Waals surface area (Å²) in [5.74, 6) is 1.52. The number of methoxy groups -OCH3 is 2. The van der Waals surface area contributed by atoms with Crippen molar-refractivity contribution in [3.05, 3.63) is 23.3 Å². The van der Waals surface area contributed by atoms with E-state index in [2.05, 4.69) is 33.0 Å². The Morgan fingerprint density at radius 1 is 1.04 bits per heavy atom. The molecule has 4 nitrogen and oxygen atoms in total. The standard InChI is InChI=1S/C20H33NO3/c1-13(2)11-20(24-8,12-14(3)4)19(22)21-17-9-15(5)18(23-7)16(6)10-17/h9-10,13-14H,11-12H2,1-8H3,(H,21,22). The first-order valence-electron chi connectivity index (χ1n) is 8.67. The first kappa shape index (κ1) is 20.5. The van der Waals surface area contributed by atoms with Gasteiger partial charge in [0.25, 0.3) is 5.91 Å². The zero-order valence-electron chi connectivity index (χ0n) is 16.4. The molecule has 0 saturated heterocycles. The Morgan fingerprint density at radius 3 is 1.83 bits per heavy atom. The molecule has 4 heteroatoms. The van der Waals surface area contributed by atoms with Gasteiger partial charge in [-0.1, -0.05) is 27.7 Å². The van der Waals surface area contributed by atoms with Gasteiger partial charge in [-0.05, 0) is 61.8 Å². The summed E-state index contributed by atoms with van der Waals surface area (Å²) < 4.78 is 11.2. The topological polar surface area (TPSA) is 47.6 Å². The van der Waals surface area contributed by atoms with Crippen LogP contribution in [0.1, 0.15) is 51.7 Å². The molecule has 0 fully saturated rings. The highest BCUT2D eigenvalue weighted by molar-refractivity contribution is 5.97. The molecule has 0 aliphatic heterocycles. The molecule has 1 aromatic rings. The summed E-state index contributed by atoms with van der Waals surface area (Å²) in [6.07, 6.45) is 1.39. The molecule has 1 aromatic carbocycles. The average molecular weight is 335 g/mol. The van der Waals surface area contributed by atoms with Crippen molar-refractivity contribution >= 4 is 11.6 Å². The number of amides is 1. The van der Waals surface area contributed by atoms with Crippen LogP contribution in [0.15, 0.2) is 12.1 Å². The predicted molar refractivity (Wildman–Crippen MR) is 99.7 cm³/mol. The molecule has 0 saturated carbocycles. The third-order valence-electron chi connectivity index (χ3n) is 4.20. The van der Waals surface area contributed by atoms with Gasteiger partial charge >= 0.3 is 0 Å². The third kappa shape index (κ3) is 4.97. The number of nitrogens with one attached hydrogen (secondary N) is 1. The number of carbonyl (C=O) groups is 1. The lowest BCUT2D eigenvalue weighted by Crippen LogP contribution is -2.47. The third-order valence-corrected chi connectivity index (χ3v) is 4.20. The Balaban J connectivity index is 3.12. The molecular formula is C20H33NO3. The SMILES string of the molecule is COc1c(C)cc(NC(=O)C(CC(C)C)(CC(C)C)OC)cc1C. The Labute approximate surface area is 146 Å². The second-order valence-corrected chi connectivity index (χ2v) is 7.49. The van der Waals surface area contributed by atoms with Crippen LogP contribution >= 0.6 is 0 Å². The van der Waals surface area contributed by atoms with Gasteiger partial charge in [0, 0.05) is 12.8 Å². The molecule has 0 unspecified atom stereocenters. The van der Waals surface area contributed by atoms with Crippen LogP contribution in [0.3, 0.4) is 0 Å². The van der Waals surface area contributed by atoms with Crippen molar-refractivity contribution in [3.8, 4) is 5.75 Å². The number of hydrogen-bond acceptors (Lipinski definition) is 3. The number of aryl methyl sites for hydroxylation is 2. The fraction of sp³-hybridized carbons (Fsp3) is 0.650. The summed E-state index contributed by atoms with van der Waals surface area (Å²) in [5.41, 5.74) is 1.99. The first-order chi connectivity index (χ1) is 11.1. The number of benzene rings is 1. The molecule has 0 aliphatic carbocycles. The Morgan fingerprint density at radius 2 is 1.50 bits per heavy atom. The molecule has 0 heterocycles. The summed E-state index contributed by atoms with van der Waals surface area (Å²) in [6.45, 7) is 12.4. The van der Waals surface area contributed by atoms with Gasteiger partial charge < -0.3 is 14.8 Å². The average Bonchev–Trinajstić information content (AvgIpc) is 2.44. The van der Waals surface area contributed by atoms with Crippen molar-refractivity contribution < 1.29 is 14.3 Å². The van der Waals surface area contributed by atoms with Crippen LogP contribution in [0.25, 0.3) is 0 Å². The van der Waals surface area contributed by atoms with Crippen molar-refractivity contribution in [1.29, 1.82) is 0 Å². The van der Waals surface area contributed by atoms with Crippen LogP contribution in [0.2, 0.25) is 0 Å². The molecule has 1 rings (SSSR count). The van der Waals surface area contributed by atoms with Crippen LogP contribution < -0.4 is 10.1 Å². The van der Waals surface area contributed by atoms with Gasteiger partial charge in [0.1, 0.15) is 11.4 Å². The van der Waals surface area contributed by atoms with Crippen molar-refractivity contribution in [2.75, 3.05) is 19.5 Å². The molecule has 24 heavy (non-hydrogen) atoms. The minimum Gasteiger partial charge on any atom is -0.496 e. The van der Waals surface area contributed by atoms with E-state index in [1.165, 1.54) is 0 Å². The lowest BCUT2D eigenvalue weighted by atomic mass is 9.84. The van der Waals surface area contributed by atoms with E-state index in [1.807, 2.05) is 26.0 Å². The van der Waals surface area contributed by atoms with Crippen LogP contribution in [-0.2, 0) is 9.53 Å². The molecule has 0 bridgehead atoms. The number of carbonyl (C=O) groups excluding carboxylic acids is 1. The van der Waals surface area contributed by atoms with E-state index in [0.717, 1.165) is 22.6 Å². The summed E-state index contributed by atoms with van der Waals surface area (Å²) in [4.78, 5) is 13.0. The number of ether oxygens (including phenoxy) is 2. The zero-order chi connectivity index (χ0) is 18.5. The van der Waals surface area contributed by atoms with Crippen molar-refractivity contribution in [2.45, 2.75) is 60.0 Å². The van der Waals surface area contributed by atoms with Crippen LogP contribution in [-0.4, -0.2) is 25.7 Å². The van der Waals surface area contributed by atoms with Crippen LogP contribution in [0.4, 0.5) is 5.69 Å². The van der Waals surface area contributed by atoms with E-state index >= 15 is 0 Å². The van der Waals surface area contributed by atoms with Crippen LogP contribution in [0, 0.1) is 25.7 Å². The highest BCUT2D eigenvalue weighted by Gasteiger charge is 2.39. The molecule has 0 atom stereocenters. The minimum absolute atomic E-state index is 0.0728. The molecular weight excluding hydrogens is 302 g/mol. The fourth-order valence-corrected chi connectivity index (χ4v) is 3.44. The molecule has 1 N–H and O–H groups in total. The van der Waals surface area contributed by atoms with Crippen molar-refractivity contribution in [1.82, 2.24) is 0 Å². The van der Waals surface area contributed by atoms with Gasteiger partial charge in [-0.3, -0.25) is 4.79 Å². The molecule has 1 amide bonds. The quantitative estimate of drug-likeness (QED) is 0.747. The normalized spacial score (nSPS) is 11.9. The number of anilines is 1. The fourth-order valence-electron chi connectivity index (χ4n) is 3.44. The second kappa shape index (κ2) is 8.52. The maximum Gasteiger partial charge on any atom is 0.256 e. The van der Waals surface area contributed by atoms with Gasteiger partial charge in [0.05, 0.1) is 7.11 Å². The van der Waals surface area contributed by atoms with Gasteiger partial charge in [0.2, 0.25) is 0 Å². The van der Waals surface area contributed by atoms with E-state index in [1.54, 1.807) is 14.2 Å². The first-order valence-corrected chi connectivity index (χ1v) is 8.67. The lowest BCUT2D eigenvalue weighted by molar-refractivity contribution is -0.142. The Kier molecular flexibility index (Phi) is 7.27. The molecule has 0 radical (unpaired) electrons. The maximum atomic E-state index is 13.0. The van der Waals surface area contributed by atoms with E-state index in [0.29, 0.717) is 24.7 Å². The Hall–Kier alpha value is -1.55. The van der Waals surface area contributed by atoms with E-state index in [-0.39, 0.29) is 5.91 Å². The lowest BCUT2D eigenvalue weighted by Gasteiger charge is -2.34. The van der Waals surface area contributed by atoms with Crippen LogP contribution in [0.5, 0.6) is 5.75 Å². The highest BCUT2D eigenvalue weighted by atomic mass is 16.5. The monoisotopic (exact) mass is 335 g/mol. The summed E-state index contributed by atoms with van der Waals surface area (Å²) in [7, 11) is 3.30. The second-order valence-electron chi connectivity index (χ2n) is 7.49. The van der Waals surface area contributed by atoms with E-state index < -0.39 is 5.60 Å². The number of rotatable bonds is 8. The predicted octanol–water partition coefficient (Wildman–Crippen LogP) is 4.73. The number of hydrogen-bond donors (Lipinski definition) is 1. The molecule has 136 valence electrons. The minimum atomic E-state index is -0.802.